The van der Waals surface area contributed by atoms with E-state index < -0.39 is 11.6 Å². The molecule has 0 unspecified atom stereocenters. The number of nitrogens with zero attached hydrogens (tertiary/aromatic N) is 2. The quantitative estimate of drug-likeness (QED) is 0.921. The molecule has 1 aromatic carbocycles. The van der Waals surface area contributed by atoms with Gasteiger partial charge >= 0.3 is 0 Å². The van der Waals surface area contributed by atoms with Gasteiger partial charge in [0.05, 0.1) is 0 Å². The molecule has 2 aromatic rings. The Hall–Kier alpha value is -2.50. The summed E-state index contributed by atoms with van der Waals surface area (Å²) in [6, 6.07) is 6.19. The van der Waals surface area contributed by atoms with Crippen LogP contribution in [0.3, 0.4) is 0 Å². The van der Waals surface area contributed by atoms with E-state index in [1.807, 2.05) is 12.1 Å². The average molecular weight is 343 g/mol. The van der Waals surface area contributed by atoms with Crippen molar-refractivity contribution >= 4 is 17.3 Å². The normalized spacial score (nSPS) is 22.1. The first-order valence-electron chi connectivity index (χ1n) is 8.58. The number of aromatic nitrogens is 1. The number of benzene rings is 1. The zero-order valence-electron chi connectivity index (χ0n) is 13.7. The van der Waals surface area contributed by atoms with Crippen molar-refractivity contribution in [3.63, 3.8) is 0 Å². The Kier molecular flexibility index (Phi) is 4.11. The Balaban J connectivity index is 1.45. The third-order valence-corrected chi connectivity index (χ3v) is 4.95. The monoisotopic (exact) mass is 343 g/mol. The highest BCUT2D eigenvalue weighted by atomic mass is 19.1. The maximum absolute atomic E-state index is 14.3. The summed E-state index contributed by atoms with van der Waals surface area (Å²) in [6.45, 7) is 1.32. The molecule has 1 N–H and O–H groups in total. The zero-order chi connectivity index (χ0) is 17.4. The molecular formula is C19H19F2N3O. The van der Waals surface area contributed by atoms with Gasteiger partial charge in [0.25, 0.3) is 0 Å². The Labute approximate surface area is 144 Å². The van der Waals surface area contributed by atoms with Crippen LogP contribution in [-0.4, -0.2) is 24.0 Å². The molecule has 1 saturated carbocycles. The number of hydrogen-bond donors (Lipinski definition) is 1. The Morgan fingerprint density at radius 2 is 1.92 bits per heavy atom. The number of halogens is 2. The fraction of sp³-hybridized carbons (Fsp3) is 0.368. The highest BCUT2D eigenvalue weighted by Gasteiger charge is 2.44. The first-order valence-corrected chi connectivity index (χ1v) is 8.58. The van der Waals surface area contributed by atoms with Crippen LogP contribution in [0.2, 0.25) is 0 Å². The number of hydrogen-bond acceptors (Lipinski definition) is 3. The van der Waals surface area contributed by atoms with E-state index in [1.54, 1.807) is 17.3 Å². The maximum Gasteiger partial charge on any atom is 0.228 e. The molecule has 130 valence electrons. The Bertz CT molecular complexity index is 768. The summed E-state index contributed by atoms with van der Waals surface area (Å²) in [5.41, 5.74) is 1.19. The van der Waals surface area contributed by atoms with Crippen LogP contribution in [0.5, 0.6) is 0 Å². The summed E-state index contributed by atoms with van der Waals surface area (Å²) >= 11 is 0. The smallest absolute Gasteiger partial charge is 0.228 e. The van der Waals surface area contributed by atoms with E-state index in [2.05, 4.69) is 10.3 Å². The fourth-order valence-electron chi connectivity index (χ4n) is 3.56. The highest BCUT2D eigenvalue weighted by molar-refractivity contribution is 5.95. The Morgan fingerprint density at radius 3 is 2.56 bits per heavy atom. The van der Waals surface area contributed by atoms with E-state index in [-0.39, 0.29) is 29.1 Å². The second-order valence-electron chi connectivity index (χ2n) is 6.71. The molecule has 2 aliphatic rings. The van der Waals surface area contributed by atoms with Crippen LogP contribution in [-0.2, 0) is 4.79 Å². The fourth-order valence-corrected chi connectivity index (χ4v) is 3.56. The summed E-state index contributed by atoms with van der Waals surface area (Å²) in [4.78, 5) is 18.1. The van der Waals surface area contributed by atoms with E-state index in [4.69, 9.17) is 0 Å². The summed E-state index contributed by atoms with van der Waals surface area (Å²) in [7, 11) is 0. The van der Waals surface area contributed by atoms with Gasteiger partial charge in [0.2, 0.25) is 5.91 Å². The van der Waals surface area contributed by atoms with Crippen molar-refractivity contribution in [1.82, 2.24) is 4.98 Å². The lowest BCUT2D eigenvalue weighted by Crippen LogP contribution is -2.21. The topological polar surface area (TPSA) is 45.2 Å². The van der Waals surface area contributed by atoms with Crippen molar-refractivity contribution < 1.29 is 13.6 Å². The predicted octanol–water partition coefficient (Wildman–Crippen LogP) is 3.70. The lowest BCUT2D eigenvalue weighted by atomic mass is 10.1. The van der Waals surface area contributed by atoms with Gasteiger partial charge in [0.1, 0.15) is 5.69 Å². The van der Waals surface area contributed by atoms with Crippen LogP contribution in [0.1, 0.15) is 30.7 Å². The molecule has 4 rings (SSSR count). The molecule has 4 nitrogen and oxygen atoms in total. The molecule has 1 aliphatic heterocycles. The molecule has 2 heterocycles. The van der Waals surface area contributed by atoms with E-state index in [1.165, 1.54) is 12.1 Å². The third kappa shape index (κ3) is 3.21. The van der Waals surface area contributed by atoms with Gasteiger partial charge in [-0.25, -0.2) is 8.78 Å². The van der Waals surface area contributed by atoms with Crippen LogP contribution < -0.4 is 10.2 Å². The zero-order valence-corrected chi connectivity index (χ0v) is 13.7. The molecule has 1 saturated heterocycles. The van der Waals surface area contributed by atoms with Gasteiger partial charge in [0, 0.05) is 37.1 Å². The predicted molar refractivity (Wildman–Crippen MR) is 91.5 cm³/mol. The second-order valence-corrected chi connectivity index (χ2v) is 6.71. The standard InChI is InChI=1S/C19H19F2N3O/c20-16-8-13(9-17(21)18(16)24-6-1-2-7-24)23-19(25)15-10-14(15)12-4-3-5-22-11-12/h3-5,8-9,11,14-15H,1-2,6-7,10H2,(H,23,25)/t14-,15+/m0/s1. The molecule has 2 fully saturated rings. The van der Waals surface area contributed by atoms with E-state index in [9.17, 15) is 13.6 Å². The van der Waals surface area contributed by atoms with Gasteiger partial charge < -0.3 is 10.2 Å². The number of rotatable bonds is 4. The van der Waals surface area contributed by atoms with Crippen LogP contribution in [0.15, 0.2) is 36.7 Å². The molecule has 1 amide bonds. The van der Waals surface area contributed by atoms with Crippen LogP contribution in [0, 0.1) is 17.6 Å². The number of carbonyl (C=O) groups excluding carboxylic acids is 1. The average Bonchev–Trinajstić information content (AvgIpc) is 3.23. The molecule has 0 radical (unpaired) electrons. The summed E-state index contributed by atoms with van der Waals surface area (Å²) in [5.74, 6) is -1.50. The molecule has 25 heavy (non-hydrogen) atoms. The molecule has 2 atom stereocenters. The van der Waals surface area contributed by atoms with Gasteiger partial charge in [-0.1, -0.05) is 6.07 Å². The minimum Gasteiger partial charge on any atom is -0.367 e. The number of anilines is 2. The lowest BCUT2D eigenvalue weighted by Gasteiger charge is -2.19. The molecule has 1 aliphatic carbocycles. The molecule has 0 spiro atoms. The lowest BCUT2D eigenvalue weighted by molar-refractivity contribution is -0.117. The summed E-state index contributed by atoms with van der Waals surface area (Å²) in [5, 5.41) is 2.65. The van der Waals surface area contributed by atoms with Crippen molar-refractivity contribution in [2.24, 2.45) is 5.92 Å². The summed E-state index contributed by atoms with van der Waals surface area (Å²) < 4.78 is 28.7. The molecular weight excluding hydrogens is 324 g/mol. The van der Waals surface area contributed by atoms with E-state index in [0.717, 1.165) is 24.8 Å². The van der Waals surface area contributed by atoms with Crippen LogP contribution in [0.25, 0.3) is 0 Å². The van der Waals surface area contributed by atoms with E-state index >= 15 is 0 Å². The first kappa shape index (κ1) is 16.0. The minimum absolute atomic E-state index is 0.00940. The number of pyridine rings is 1. The second kappa shape index (κ2) is 6.43. The third-order valence-electron chi connectivity index (χ3n) is 4.95. The van der Waals surface area contributed by atoms with Crippen molar-refractivity contribution in [2.75, 3.05) is 23.3 Å². The first-order chi connectivity index (χ1) is 12.1. The highest BCUT2D eigenvalue weighted by Crippen LogP contribution is 2.47. The van der Waals surface area contributed by atoms with Crippen molar-refractivity contribution in [3.05, 3.63) is 53.9 Å². The van der Waals surface area contributed by atoms with Gasteiger partial charge in [0.15, 0.2) is 11.6 Å². The SMILES string of the molecule is O=C(Nc1cc(F)c(N2CCCC2)c(F)c1)[C@@H]1C[C@H]1c1cccnc1. The minimum atomic E-state index is -0.628. The van der Waals surface area contributed by atoms with Gasteiger partial charge in [-0.3, -0.25) is 9.78 Å². The number of carbonyl (C=O) groups is 1. The number of nitrogens with one attached hydrogen (secondary N) is 1. The van der Waals surface area contributed by atoms with Gasteiger partial charge in [-0.05, 0) is 48.9 Å². The largest absolute Gasteiger partial charge is 0.367 e. The molecule has 0 bridgehead atoms. The van der Waals surface area contributed by atoms with Crippen molar-refractivity contribution in [2.45, 2.75) is 25.2 Å². The van der Waals surface area contributed by atoms with Gasteiger partial charge in [-0.2, -0.15) is 0 Å². The van der Waals surface area contributed by atoms with E-state index in [0.29, 0.717) is 13.1 Å². The van der Waals surface area contributed by atoms with Crippen molar-refractivity contribution in [1.29, 1.82) is 0 Å². The van der Waals surface area contributed by atoms with Crippen LogP contribution in [0.4, 0.5) is 20.2 Å². The number of amides is 1. The molecule has 6 heteroatoms. The van der Waals surface area contributed by atoms with Crippen LogP contribution >= 0.6 is 0 Å². The Morgan fingerprint density at radius 1 is 1.20 bits per heavy atom. The molecule has 1 aromatic heterocycles. The maximum atomic E-state index is 14.3. The van der Waals surface area contributed by atoms with Gasteiger partial charge in [-0.15, -0.1) is 0 Å². The van der Waals surface area contributed by atoms with Crippen molar-refractivity contribution in [3.8, 4) is 0 Å². The summed E-state index contributed by atoms with van der Waals surface area (Å²) in [6.07, 6.45) is 6.05.